The molecule has 460 valence electrons. The maximum atomic E-state index is 6.66. The fourth-order valence-corrected chi connectivity index (χ4v) is 19.7. The standard InChI is InChI=1S/C70H74N8O5S6/c1-29-35(7)84-41(13)51(29)57-59(53-31(3)37(9)86-43(53)15)67-74-65(57)72-63-47-27-49-50(83-26-24-81-22-20-79-19-21-80-23-25-82-49)28-48(47)64(71-63)73-66-58(52-30(2)36(8)85-42(52)14)60(54-32(4)38(10)87-44(54)16)68(75-66)77-70-62(56-34(6)40(12)89-46(56)18)61(69(76-67)78-70)55-33(5)39(11)88-45(55)17/h27-28H,19-26H2,1-18H3,(H2,71,72,73,74,75,76,77,78). The lowest BCUT2D eigenvalue weighted by atomic mass is 9.91. The number of nitrogens with one attached hydrogen (secondary N) is 2. The van der Waals surface area contributed by atoms with Gasteiger partial charge in [0.15, 0.2) is 34.8 Å². The van der Waals surface area contributed by atoms with E-state index in [1.54, 1.807) is 45.3 Å². The van der Waals surface area contributed by atoms with Gasteiger partial charge in [0, 0.05) is 136 Å². The van der Waals surface area contributed by atoms with Gasteiger partial charge in [0.1, 0.15) is 35.8 Å². The van der Waals surface area contributed by atoms with Gasteiger partial charge in [0.25, 0.3) is 0 Å². The highest BCUT2D eigenvalue weighted by molar-refractivity contribution is 7.14. The maximum absolute atomic E-state index is 6.66. The topological polar surface area (TPSA) is 155 Å². The molecule has 0 atom stereocenters. The molecule has 8 bridgehead atoms. The summed E-state index contributed by atoms with van der Waals surface area (Å²) in [6.07, 6.45) is 0. The normalized spacial score (nSPS) is 14.7. The van der Waals surface area contributed by atoms with E-state index in [0.717, 1.165) is 77.6 Å². The molecule has 0 radical (unpaired) electrons. The Labute approximate surface area is 544 Å². The van der Waals surface area contributed by atoms with Crippen LogP contribution in [0.1, 0.15) is 137 Å². The van der Waals surface area contributed by atoms with Crippen LogP contribution in [0.15, 0.2) is 12.1 Å². The second-order valence-corrected chi connectivity index (χ2v) is 32.1. The van der Waals surface area contributed by atoms with E-state index in [4.69, 9.17) is 53.6 Å². The SMILES string of the molecule is Cc1sc(C)c(C2=C(c3c(C)sc(C)c3C)c3nc2nc2[nH]c(nc4nc(nc5[nH]c(n3)c3cc6c(cc53)OCCOCCOCCOCCO6)C(c3c(C)sc(C)c3C)=C4c3c(C)sc(C)c3C)c(-c3c(C)sc(C)c3C)c2-c2c(C)sc(C)c2C)c1C. The molecule has 1 aromatic carbocycles. The number of H-pyrrole nitrogens is 2. The first-order valence-electron chi connectivity index (χ1n) is 30.3. The van der Waals surface area contributed by atoms with Crippen molar-refractivity contribution in [3.05, 3.63) is 150 Å². The number of aryl methyl sites for hydroxylation is 12. The summed E-state index contributed by atoms with van der Waals surface area (Å²) < 4.78 is 31.0. The minimum Gasteiger partial charge on any atom is -0.487 e. The average molecular weight is 1300 g/mol. The maximum Gasteiger partial charge on any atom is 0.165 e. The smallest absolute Gasteiger partial charge is 0.165 e. The van der Waals surface area contributed by atoms with Crippen LogP contribution in [0.4, 0.5) is 0 Å². The first kappa shape index (κ1) is 61.3. The summed E-state index contributed by atoms with van der Waals surface area (Å²) in [5.41, 5.74) is 22.0. The number of benzene rings is 1. The lowest BCUT2D eigenvalue weighted by Crippen LogP contribution is -2.13. The Balaban J connectivity index is 1.28. The van der Waals surface area contributed by atoms with E-state index in [1.807, 2.05) is 34.8 Å². The molecule has 3 aliphatic heterocycles. The summed E-state index contributed by atoms with van der Waals surface area (Å²) in [6.45, 7) is 43.2. The molecule has 13 nitrogen and oxygen atoms in total. The zero-order chi connectivity index (χ0) is 62.8. The molecular weight excluding hydrogens is 1230 g/mol. The highest BCUT2D eigenvalue weighted by Crippen LogP contribution is 2.52. The lowest BCUT2D eigenvalue weighted by molar-refractivity contribution is 0.00708. The Morgan fingerprint density at radius 3 is 0.764 bits per heavy atom. The summed E-state index contributed by atoms with van der Waals surface area (Å²) in [5, 5.41) is 1.52. The van der Waals surface area contributed by atoms with Gasteiger partial charge < -0.3 is 33.7 Å². The molecule has 19 heteroatoms. The van der Waals surface area contributed by atoms with E-state index in [0.29, 0.717) is 97.0 Å². The van der Waals surface area contributed by atoms with E-state index in [-0.39, 0.29) is 13.2 Å². The van der Waals surface area contributed by atoms with E-state index in [2.05, 4.69) is 135 Å². The number of fused-ring (bicyclic) bond motifs is 12. The van der Waals surface area contributed by atoms with Crippen LogP contribution < -0.4 is 9.47 Å². The third-order valence-electron chi connectivity index (χ3n) is 18.1. The fraction of sp³-hybridized carbons (Fsp3) is 0.371. The molecule has 13 rings (SSSR count). The first-order chi connectivity index (χ1) is 42.6. The van der Waals surface area contributed by atoms with Gasteiger partial charge in [0.2, 0.25) is 0 Å². The number of hydrogen-bond acceptors (Lipinski definition) is 17. The highest BCUT2D eigenvalue weighted by Gasteiger charge is 2.36. The van der Waals surface area contributed by atoms with Gasteiger partial charge in [-0.05, 0) is 170 Å². The second-order valence-electron chi connectivity index (χ2n) is 23.5. The van der Waals surface area contributed by atoms with Crippen molar-refractivity contribution in [3.8, 4) is 33.8 Å². The summed E-state index contributed by atoms with van der Waals surface area (Å²) in [6, 6.07) is 4.04. The third kappa shape index (κ3) is 10.5. The molecule has 2 N–H and O–H groups in total. The molecule has 0 saturated heterocycles. The van der Waals surface area contributed by atoms with Crippen LogP contribution in [0.3, 0.4) is 0 Å². The van der Waals surface area contributed by atoms with Gasteiger partial charge in [-0.2, -0.15) is 0 Å². The first-order valence-corrected chi connectivity index (χ1v) is 35.2. The summed E-state index contributed by atoms with van der Waals surface area (Å²) in [7, 11) is 0. The molecule has 0 fully saturated rings. The highest BCUT2D eigenvalue weighted by atomic mass is 32.1. The molecule has 9 aromatic heterocycles. The Morgan fingerprint density at radius 2 is 0.506 bits per heavy atom. The van der Waals surface area contributed by atoms with E-state index >= 15 is 0 Å². The van der Waals surface area contributed by atoms with Gasteiger partial charge in [-0.3, -0.25) is 0 Å². The molecular formula is C70H74N8O5S6. The number of hydrogen-bond donors (Lipinski definition) is 2. The van der Waals surface area contributed by atoms with E-state index < -0.39 is 0 Å². The molecule has 0 unspecified atom stereocenters. The van der Waals surface area contributed by atoms with Crippen molar-refractivity contribution < 1.29 is 23.7 Å². The van der Waals surface area contributed by atoms with Gasteiger partial charge in [-0.25, -0.2) is 29.9 Å². The molecule has 12 heterocycles. The van der Waals surface area contributed by atoms with Crippen LogP contribution in [0.5, 0.6) is 11.5 Å². The van der Waals surface area contributed by atoms with Gasteiger partial charge in [0.05, 0.1) is 39.6 Å². The lowest BCUT2D eigenvalue weighted by Gasteiger charge is -2.13. The molecule has 0 aliphatic carbocycles. The van der Waals surface area contributed by atoms with Crippen molar-refractivity contribution >= 4 is 124 Å². The molecule has 0 amide bonds. The Kier molecular flexibility index (Phi) is 16.5. The summed E-state index contributed by atoms with van der Waals surface area (Å²) in [4.78, 5) is 57.7. The second kappa shape index (κ2) is 23.9. The van der Waals surface area contributed by atoms with Gasteiger partial charge in [-0.15, -0.1) is 68.0 Å². The van der Waals surface area contributed by atoms with Crippen molar-refractivity contribution in [2.45, 2.75) is 125 Å². The summed E-state index contributed by atoms with van der Waals surface area (Å²) in [5.74, 6) is 3.24. The number of ether oxygens (including phenoxy) is 5. The Bertz CT molecular complexity index is 4540. The van der Waals surface area contributed by atoms with Crippen molar-refractivity contribution in [1.29, 1.82) is 0 Å². The van der Waals surface area contributed by atoms with E-state index in [9.17, 15) is 0 Å². The molecule has 89 heavy (non-hydrogen) atoms. The molecule has 0 spiro atoms. The van der Waals surface area contributed by atoms with Crippen molar-refractivity contribution in [2.24, 2.45) is 0 Å². The molecule has 3 aliphatic rings. The van der Waals surface area contributed by atoms with Crippen LogP contribution in [0, 0.1) is 125 Å². The predicted octanol–water partition coefficient (Wildman–Crippen LogP) is 18.1. The quantitative estimate of drug-likeness (QED) is 0.163. The monoisotopic (exact) mass is 1300 g/mol. The minimum absolute atomic E-state index is 0.277. The number of thiophene rings is 6. The molecule has 0 saturated carbocycles. The van der Waals surface area contributed by atoms with Crippen LogP contribution in [-0.2, 0) is 14.2 Å². The van der Waals surface area contributed by atoms with Crippen LogP contribution >= 0.6 is 68.0 Å². The van der Waals surface area contributed by atoms with Crippen molar-refractivity contribution in [3.63, 3.8) is 0 Å². The summed E-state index contributed by atoms with van der Waals surface area (Å²) >= 11 is 10.9. The van der Waals surface area contributed by atoms with Gasteiger partial charge in [-0.1, -0.05) is 0 Å². The predicted molar refractivity (Wildman–Crippen MR) is 372 cm³/mol. The van der Waals surface area contributed by atoms with Gasteiger partial charge >= 0.3 is 0 Å². The van der Waals surface area contributed by atoms with Crippen molar-refractivity contribution in [1.82, 2.24) is 39.9 Å². The zero-order valence-corrected chi connectivity index (χ0v) is 58.9. The van der Waals surface area contributed by atoms with Crippen LogP contribution in [0.25, 0.3) is 77.9 Å². The zero-order valence-electron chi connectivity index (χ0n) is 54.0. The largest absolute Gasteiger partial charge is 0.487 e. The molecule has 10 aromatic rings. The number of aromatic amines is 2. The van der Waals surface area contributed by atoms with E-state index in [1.165, 1.54) is 91.9 Å². The van der Waals surface area contributed by atoms with Crippen molar-refractivity contribution in [2.75, 3.05) is 52.9 Å². The van der Waals surface area contributed by atoms with Crippen LogP contribution in [0.2, 0.25) is 0 Å². The number of rotatable bonds is 6. The Hall–Kier alpha value is -6.52. The van der Waals surface area contributed by atoms with Crippen LogP contribution in [-0.4, -0.2) is 92.7 Å². The minimum atomic E-state index is 0.277. The average Bonchev–Trinajstić information content (AvgIpc) is 1.65. The number of aromatic nitrogens is 8. The number of nitrogens with zero attached hydrogens (tertiary/aromatic N) is 6. The fourth-order valence-electron chi connectivity index (χ4n) is 13.2. The Morgan fingerprint density at radius 1 is 0.270 bits per heavy atom. The third-order valence-corrected chi connectivity index (χ3v) is 24.8.